The minimum absolute atomic E-state index is 0.252. The summed E-state index contributed by atoms with van der Waals surface area (Å²) in [6, 6.07) is 3.58. The van der Waals surface area contributed by atoms with Crippen molar-refractivity contribution in [3.8, 4) is 5.88 Å². The fraction of sp³-hybridized carbons (Fsp3) is 0.667. The molecule has 0 spiro atoms. The third-order valence-electron chi connectivity index (χ3n) is 3.71. The number of carboxylic acid groups (broad SMARTS) is 1. The molecule has 0 aliphatic carbocycles. The van der Waals surface area contributed by atoms with Crippen LogP contribution in [0.15, 0.2) is 12.1 Å². The predicted molar refractivity (Wildman–Crippen MR) is 91.0 cm³/mol. The Hall–Kier alpha value is -1.70. The van der Waals surface area contributed by atoms with Gasteiger partial charge in [-0.25, -0.2) is 9.78 Å². The SMILES string of the molecule is CCOCCOCCOc1ccc(C2OC2C(=O)O)c(C(C)(C)C)n1. The molecule has 7 nitrogen and oxygen atoms in total. The number of ether oxygens (including phenoxy) is 4. The average molecular weight is 353 g/mol. The fourth-order valence-corrected chi connectivity index (χ4v) is 2.47. The van der Waals surface area contributed by atoms with E-state index in [1.54, 1.807) is 6.07 Å². The van der Waals surface area contributed by atoms with Crippen molar-refractivity contribution in [3.63, 3.8) is 0 Å². The summed E-state index contributed by atoms with van der Waals surface area (Å²) in [6.07, 6.45) is -1.22. The largest absolute Gasteiger partial charge is 0.479 e. The first-order valence-electron chi connectivity index (χ1n) is 8.52. The topological polar surface area (TPSA) is 90.4 Å². The van der Waals surface area contributed by atoms with Crippen LogP contribution in [0.25, 0.3) is 0 Å². The van der Waals surface area contributed by atoms with Gasteiger partial charge in [0.2, 0.25) is 5.88 Å². The molecule has 1 aliphatic heterocycles. The van der Waals surface area contributed by atoms with E-state index in [0.29, 0.717) is 38.9 Å². The molecular formula is C18H27NO6. The molecule has 1 saturated heterocycles. The summed E-state index contributed by atoms with van der Waals surface area (Å²) in [4.78, 5) is 15.6. The number of aliphatic carboxylic acids is 1. The molecule has 1 fully saturated rings. The van der Waals surface area contributed by atoms with Gasteiger partial charge < -0.3 is 24.1 Å². The summed E-state index contributed by atoms with van der Waals surface area (Å²) >= 11 is 0. The Morgan fingerprint density at radius 1 is 1.20 bits per heavy atom. The van der Waals surface area contributed by atoms with Gasteiger partial charge in [-0.1, -0.05) is 20.8 Å². The van der Waals surface area contributed by atoms with Crippen LogP contribution in [0, 0.1) is 0 Å². The molecule has 0 saturated carbocycles. The van der Waals surface area contributed by atoms with Crippen LogP contribution < -0.4 is 4.74 Å². The number of nitrogens with zero attached hydrogens (tertiary/aromatic N) is 1. The minimum atomic E-state index is -0.950. The van der Waals surface area contributed by atoms with Crippen LogP contribution in [0.2, 0.25) is 0 Å². The van der Waals surface area contributed by atoms with Gasteiger partial charge in [-0.05, 0) is 13.0 Å². The lowest BCUT2D eigenvalue weighted by molar-refractivity contribution is -0.138. The molecule has 7 heteroatoms. The fourth-order valence-electron chi connectivity index (χ4n) is 2.47. The van der Waals surface area contributed by atoms with Crippen molar-refractivity contribution in [2.75, 3.05) is 33.0 Å². The second-order valence-corrected chi connectivity index (χ2v) is 6.81. The van der Waals surface area contributed by atoms with Gasteiger partial charge in [0.25, 0.3) is 0 Å². The van der Waals surface area contributed by atoms with E-state index in [1.165, 1.54) is 0 Å². The number of carbonyl (C=O) groups is 1. The third kappa shape index (κ3) is 5.66. The van der Waals surface area contributed by atoms with E-state index in [4.69, 9.17) is 24.1 Å². The van der Waals surface area contributed by atoms with Gasteiger partial charge in [-0.15, -0.1) is 0 Å². The van der Waals surface area contributed by atoms with E-state index in [-0.39, 0.29) is 5.41 Å². The summed E-state index contributed by atoms with van der Waals surface area (Å²) in [7, 11) is 0. The highest BCUT2D eigenvalue weighted by molar-refractivity contribution is 5.76. The Labute approximate surface area is 148 Å². The molecule has 2 rings (SSSR count). The molecule has 0 bridgehead atoms. The zero-order valence-corrected chi connectivity index (χ0v) is 15.3. The van der Waals surface area contributed by atoms with Gasteiger partial charge in [0.15, 0.2) is 6.10 Å². The van der Waals surface area contributed by atoms with Crippen molar-refractivity contribution in [2.24, 2.45) is 0 Å². The van der Waals surface area contributed by atoms with Crippen LogP contribution in [-0.2, 0) is 24.4 Å². The van der Waals surface area contributed by atoms with Crippen molar-refractivity contribution in [2.45, 2.75) is 45.3 Å². The lowest BCUT2D eigenvalue weighted by Gasteiger charge is -2.21. The van der Waals surface area contributed by atoms with Crippen molar-refractivity contribution < 1.29 is 28.8 Å². The van der Waals surface area contributed by atoms with Crippen LogP contribution in [0.4, 0.5) is 0 Å². The van der Waals surface area contributed by atoms with E-state index in [1.807, 2.05) is 33.8 Å². The van der Waals surface area contributed by atoms with Crippen LogP contribution in [0.5, 0.6) is 5.88 Å². The number of epoxide rings is 1. The summed E-state index contributed by atoms with van der Waals surface area (Å²) in [5.41, 5.74) is 1.34. The Bertz CT molecular complexity index is 583. The Morgan fingerprint density at radius 2 is 1.88 bits per heavy atom. The maximum Gasteiger partial charge on any atom is 0.335 e. The highest BCUT2D eigenvalue weighted by Gasteiger charge is 2.48. The molecule has 0 radical (unpaired) electrons. The Balaban J connectivity index is 1.94. The molecule has 0 aromatic carbocycles. The highest BCUT2D eigenvalue weighted by atomic mass is 16.6. The average Bonchev–Trinajstić information content (AvgIpc) is 3.34. The first-order chi connectivity index (χ1) is 11.8. The molecule has 2 atom stereocenters. The van der Waals surface area contributed by atoms with Crippen LogP contribution >= 0.6 is 0 Å². The van der Waals surface area contributed by atoms with Gasteiger partial charge in [0.05, 0.1) is 25.5 Å². The monoisotopic (exact) mass is 353 g/mol. The molecule has 0 amide bonds. The molecule has 1 N–H and O–H groups in total. The van der Waals surface area contributed by atoms with Gasteiger partial charge in [0, 0.05) is 23.7 Å². The van der Waals surface area contributed by atoms with Gasteiger partial charge in [0.1, 0.15) is 12.7 Å². The molecule has 2 heterocycles. The van der Waals surface area contributed by atoms with E-state index < -0.39 is 18.2 Å². The smallest absolute Gasteiger partial charge is 0.335 e. The minimum Gasteiger partial charge on any atom is -0.479 e. The maximum absolute atomic E-state index is 11.0. The van der Waals surface area contributed by atoms with E-state index in [0.717, 1.165) is 11.3 Å². The molecule has 1 aliphatic rings. The summed E-state index contributed by atoms with van der Waals surface area (Å²) in [5, 5.41) is 9.06. The molecule has 1 aromatic rings. The quantitative estimate of drug-likeness (QED) is 0.510. The summed E-state index contributed by atoms with van der Waals surface area (Å²) in [5.74, 6) is -0.455. The predicted octanol–water partition coefficient (Wildman–Crippen LogP) is 2.34. The number of aromatic nitrogens is 1. The van der Waals surface area contributed by atoms with E-state index in [9.17, 15) is 4.79 Å². The number of rotatable bonds is 10. The summed E-state index contributed by atoms with van der Waals surface area (Å²) in [6.45, 7) is 10.6. The molecule has 25 heavy (non-hydrogen) atoms. The van der Waals surface area contributed by atoms with Gasteiger partial charge in [-0.3, -0.25) is 0 Å². The zero-order valence-electron chi connectivity index (χ0n) is 15.3. The lowest BCUT2D eigenvalue weighted by atomic mass is 9.87. The maximum atomic E-state index is 11.0. The number of carboxylic acids is 1. The van der Waals surface area contributed by atoms with Crippen LogP contribution in [-0.4, -0.2) is 55.2 Å². The van der Waals surface area contributed by atoms with Crippen molar-refractivity contribution in [3.05, 3.63) is 23.4 Å². The standard InChI is InChI=1S/C18H27NO6/c1-5-22-8-9-23-10-11-24-13-7-6-12(14-15(25-14)17(20)21)16(19-13)18(2,3)4/h6-7,14-15H,5,8-11H2,1-4H3,(H,20,21). The van der Waals surface area contributed by atoms with E-state index in [2.05, 4.69) is 4.98 Å². The molecular weight excluding hydrogens is 326 g/mol. The van der Waals surface area contributed by atoms with Crippen molar-refractivity contribution in [1.29, 1.82) is 0 Å². The number of hydrogen-bond acceptors (Lipinski definition) is 6. The number of pyridine rings is 1. The summed E-state index contributed by atoms with van der Waals surface area (Å²) < 4.78 is 21.5. The normalized spacial score (nSPS) is 19.7. The van der Waals surface area contributed by atoms with Crippen LogP contribution in [0.1, 0.15) is 45.1 Å². The highest BCUT2D eigenvalue weighted by Crippen LogP contribution is 2.43. The second kappa shape index (κ2) is 8.60. The third-order valence-corrected chi connectivity index (χ3v) is 3.71. The first kappa shape index (κ1) is 19.6. The molecule has 2 unspecified atom stereocenters. The zero-order chi connectivity index (χ0) is 18.4. The second-order valence-electron chi connectivity index (χ2n) is 6.81. The lowest BCUT2D eigenvalue weighted by Crippen LogP contribution is -2.19. The van der Waals surface area contributed by atoms with Crippen LogP contribution in [0.3, 0.4) is 0 Å². The van der Waals surface area contributed by atoms with Crippen molar-refractivity contribution in [1.82, 2.24) is 4.98 Å². The van der Waals surface area contributed by atoms with E-state index >= 15 is 0 Å². The van der Waals surface area contributed by atoms with Crippen molar-refractivity contribution >= 4 is 5.97 Å². The number of hydrogen-bond donors (Lipinski definition) is 1. The first-order valence-corrected chi connectivity index (χ1v) is 8.52. The molecule has 140 valence electrons. The van der Waals surface area contributed by atoms with Gasteiger partial charge >= 0.3 is 5.97 Å². The molecule has 1 aromatic heterocycles. The Kier molecular flexibility index (Phi) is 6.75. The Morgan fingerprint density at radius 3 is 2.48 bits per heavy atom. The van der Waals surface area contributed by atoms with Gasteiger partial charge in [-0.2, -0.15) is 0 Å².